The van der Waals surface area contributed by atoms with Gasteiger partial charge < -0.3 is 10.8 Å². The highest BCUT2D eigenvalue weighted by atomic mass is 32.2. The van der Waals surface area contributed by atoms with Gasteiger partial charge in [0.15, 0.2) is 6.17 Å². The number of aliphatic hydroxyl groups is 1. The van der Waals surface area contributed by atoms with Crippen LogP contribution in [-0.4, -0.2) is 53.5 Å². The summed E-state index contributed by atoms with van der Waals surface area (Å²) in [5.41, 5.74) is 4.61. The molecular formula is C10H14FN3O5S2. The van der Waals surface area contributed by atoms with E-state index in [0.717, 1.165) is 22.6 Å². The summed E-state index contributed by atoms with van der Waals surface area (Å²) in [7, 11) is -3.69. The third-order valence-electron chi connectivity index (χ3n) is 2.87. The van der Waals surface area contributed by atoms with E-state index < -0.39 is 38.7 Å². The highest BCUT2D eigenvalue weighted by molar-refractivity contribution is 8.00. The molecule has 1 aliphatic heterocycles. The number of rotatable bonds is 4. The van der Waals surface area contributed by atoms with Gasteiger partial charge in [0.05, 0.1) is 18.1 Å². The van der Waals surface area contributed by atoms with Gasteiger partial charge in [0.25, 0.3) is 10.1 Å². The van der Waals surface area contributed by atoms with Crippen molar-refractivity contribution < 1.29 is 22.1 Å². The van der Waals surface area contributed by atoms with Crippen LogP contribution in [0.4, 0.5) is 10.2 Å². The fourth-order valence-corrected chi connectivity index (χ4v) is 3.77. The monoisotopic (exact) mass is 339 g/mol. The molecule has 1 saturated heterocycles. The van der Waals surface area contributed by atoms with Crippen molar-refractivity contribution in [2.75, 3.05) is 18.6 Å². The highest BCUT2D eigenvalue weighted by Crippen LogP contribution is 2.43. The number of nitrogen functional groups attached to an aromatic ring is 1. The average molecular weight is 339 g/mol. The molecule has 0 bridgehead atoms. The lowest BCUT2D eigenvalue weighted by Gasteiger charge is -2.15. The molecule has 0 unspecified atom stereocenters. The number of thioether (sulfide) groups is 1. The van der Waals surface area contributed by atoms with Crippen molar-refractivity contribution in [3.63, 3.8) is 0 Å². The van der Waals surface area contributed by atoms with Gasteiger partial charge in [0.1, 0.15) is 17.3 Å². The van der Waals surface area contributed by atoms with Crippen LogP contribution in [0.3, 0.4) is 0 Å². The zero-order valence-electron chi connectivity index (χ0n) is 10.9. The summed E-state index contributed by atoms with van der Waals surface area (Å²) in [6.45, 7) is -0.376. The first-order valence-corrected chi connectivity index (χ1v) is 8.61. The first kappa shape index (κ1) is 16.2. The normalized spacial score (nSPS) is 29.7. The minimum Gasteiger partial charge on any atom is -0.389 e. The van der Waals surface area contributed by atoms with E-state index in [-0.39, 0.29) is 12.4 Å². The van der Waals surface area contributed by atoms with Crippen LogP contribution >= 0.6 is 11.8 Å². The van der Waals surface area contributed by atoms with Crippen molar-refractivity contribution >= 4 is 27.7 Å². The number of nitrogens with two attached hydrogens (primary N) is 1. The van der Waals surface area contributed by atoms with E-state index in [9.17, 15) is 22.7 Å². The molecule has 0 spiro atoms. The Morgan fingerprint density at radius 3 is 2.86 bits per heavy atom. The van der Waals surface area contributed by atoms with E-state index in [1.807, 2.05) is 0 Å². The van der Waals surface area contributed by atoms with E-state index in [0.29, 0.717) is 0 Å². The summed E-state index contributed by atoms with van der Waals surface area (Å²) in [5, 5.41) is 7.97. The van der Waals surface area contributed by atoms with Crippen molar-refractivity contribution in [2.45, 2.75) is 22.9 Å². The summed E-state index contributed by atoms with van der Waals surface area (Å²) in [5.74, 6) is 0.00663. The lowest BCUT2D eigenvalue weighted by Crippen LogP contribution is -2.34. The number of aliphatic hydroxyl groups excluding tert-OH is 1. The maximum atomic E-state index is 14.1. The van der Waals surface area contributed by atoms with E-state index in [4.69, 9.17) is 5.73 Å². The number of nitrogens with zero attached hydrogens (tertiary/aromatic N) is 2. The van der Waals surface area contributed by atoms with Crippen molar-refractivity contribution in [3.05, 3.63) is 22.7 Å². The topological polar surface area (TPSA) is 125 Å². The first-order chi connectivity index (χ1) is 9.69. The Morgan fingerprint density at radius 2 is 2.29 bits per heavy atom. The number of halogens is 1. The zero-order valence-corrected chi connectivity index (χ0v) is 12.6. The quantitative estimate of drug-likeness (QED) is 0.677. The van der Waals surface area contributed by atoms with E-state index >= 15 is 0 Å². The molecule has 1 aromatic heterocycles. The smallest absolute Gasteiger partial charge is 0.350 e. The molecule has 1 aliphatic rings. The standard InChI is InChI=1S/C10H14FN3O5S2/c1-21(17,18)19-4-5-8(15)7(11)9(20-5)14-3-2-6(12)13-10(14)16/h2-3,5,7-9,15H,4H2,1H3,(H2,12,13,16)/t5-,7+,8-,9-/m1/s1. The Labute approximate surface area is 124 Å². The van der Waals surface area contributed by atoms with E-state index in [1.165, 1.54) is 12.3 Å². The van der Waals surface area contributed by atoms with Gasteiger partial charge in [-0.3, -0.25) is 8.75 Å². The zero-order chi connectivity index (χ0) is 15.8. The summed E-state index contributed by atoms with van der Waals surface area (Å²) >= 11 is 0.908. The van der Waals surface area contributed by atoms with Gasteiger partial charge >= 0.3 is 5.69 Å². The number of anilines is 1. The van der Waals surface area contributed by atoms with Crippen LogP contribution < -0.4 is 11.4 Å². The van der Waals surface area contributed by atoms with Gasteiger partial charge in [-0.2, -0.15) is 13.4 Å². The molecule has 0 saturated carbocycles. The summed E-state index contributed by atoms with van der Waals surface area (Å²) in [4.78, 5) is 15.2. The first-order valence-electron chi connectivity index (χ1n) is 5.86. The minimum absolute atomic E-state index is 0.00663. The Hall–Kier alpha value is -1.17. The van der Waals surface area contributed by atoms with Crippen molar-refractivity contribution in [1.29, 1.82) is 0 Å². The fourth-order valence-electron chi connectivity index (χ4n) is 1.88. The Bertz CT molecular complexity index is 680. The SMILES string of the molecule is CS(=O)(=O)OC[C@H]1S[C@@H](n2ccc(N)nc2=O)[C@@H](F)[C@@H]1O. The molecule has 2 heterocycles. The number of alkyl halides is 1. The van der Waals surface area contributed by atoms with Crippen LogP contribution in [0.5, 0.6) is 0 Å². The summed E-state index contributed by atoms with van der Waals surface area (Å²) < 4.78 is 41.6. The number of aromatic nitrogens is 2. The molecule has 8 nitrogen and oxygen atoms in total. The van der Waals surface area contributed by atoms with Gasteiger partial charge in [0.2, 0.25) is 0 Å². The summed E-state index contributed by atoms with van der Waals surface area (Å²) in [6.07, 6.45) is -1.07. The maximum Gasteiger partial charge on any atom is 0.350 e. The Kier molecular flexibility index (Phi) is 4.56. The third kappa shape index (κ3) is 3.73. The minimum atomic E-state index is -3.69. The van der Waals surface area contributed by atoms with Crippen LogP contribution in [0.15, 0.2) is 17.1 Å². The van der Waals surface area contributed by atoms with Crippen LogP contribution in [0, 0.1) is 0 Å². The van der Waals surface area contributed by atoms with Crippen LogP contribution in [-0.2, 0) is 14.3 Å². The number of hydrogen-bond acceptors (Lipinski definition) is 8. The van der Waals surface area contributed by atoms with Gasteiger partial charge in [-0.05, 0) is 6.07 Å². The predicted octanol–water partition coefficient (Wildman–Crippen LogP) is -0.885. The second-order valence-corrected chi connectivity index (χ2v) is 7.54. The number of hydrogen-bond donors (Lipinski definition) is 2. The largest absolute Gasteiger partial charge is 0.389 e. The predicted molar refractivity (Wildman–Crippen MR) is 75.0 cm³/mol. The molecule has 1 fully saturated rings. The van der Waals surface area contributed by atoms with Crippen LogP contribution in [0.25, 0.3) is 0 Å². The average Bonchev–Trinajstić information content (AvgIpc) is 2.64. The second kappa shape index (κ2) is 5.91. The van der Waals surface area contributed by atoms with Crippen molar-refractivity contribution in [2.24, 2.45) is 0 Å². The highest BCUT2D eigenvalue weighted by Gasteiger charge is 2.45. The second-order valence-electron chi connectivity index (χ2n) is 4.53. The Balaban J connectivity index is 2.18. The van der Waals surface area contributed by atoms with Crippen molar-refractivity contribution in [1.82, 2.24) is 9.55 Å². The molecule has 0 aliphatic carbocycles. The van der Waals surface area contributed by atoms with Crippen molar-refractivity contribution in [3.8, 4) is 0 Å². The van der Waals surface area contributed by atoms with E-state index in [2.05, 4.69) is 9.17 Å². The molecule has 2 rings (SSSR count). The molecular weight excluding hydrogens is 325 g/mol. The van der Waals surface area contributed by atoms with Crippen LogP contribution in [0.2, 0.25) is 0 Å². The Morgan fingerprint density at radius 1 is 1.62 bits per heavy atom. The van der Waals surface area contributed by atoms with Gasteiger partial charge in [-0.25, -0.2) is 9.18 Å². The lowest BCUT2D eigenvalue weighted by atomic mass is 10.1. The van der Waals surface area contributed by atoms with Gasteiger partial charge in [-0.1, -0.05) is 0 Å². The van der Waals surface area contributed by atoms with Gasteiger partial charge in [0, 0.05) is 6.20 Å². The molecule has 11 heteroatoms. The molecule has 3 N–H and O–H groups in total. The molecule has 118 valence electrons. The van der Waals surface area contributed by atoms with E-state index in [1.54, 1.807) is 0 Å². The maximum absolute atomic E-state index is 14.1. The fraction of sp³-hybridized carbons (Fsp3) is 0.600. The van der Waals surface area contributed by atoms with Gasteiger partial charge in [-0.15, -0.1) is 11.8 Å². The molecule has 0 radical (unpaired) electrons. The molecule has 1 aromatic rings. The molecule has 4 atom stereocenters. The third-order valence-corrected chi connectivity index (χ3v) is 4.96. The molecule has 0 amide bonds. The lowest BCUT2D eigenvalue weighted by molar-refractivity contribution is 0.0664. The summed E-state index contributed by atoms with van der Waals surface area (Å²) in [6, 6.07) is 1.33. The molecule has 21 heavy (non-hydrogen) atoms. The van der Waals surface area contributed by atoms with Crippen LogP contribution in [0.1, 0.15) is 5.37 Å². The molecule has 0 aromatic carbocycles.